The Hall–Kier alpha value is -3.95. The molecule has 1 N–H and O–H groups in total. The van der Waals surface area contributed by atoms with Crippen molar-refractivity contribution in [3.8, 4) is 17.2 Å². The Morgan fingerprint density at radius 1 is 1.00 bits per heavy atom. The van der Waals surface area contributed by atoms with Gasteiger partial charge in [-0.2, -0.15) is 0 Å². The topological polar surface area (TPSA) is 94.2 Å². The van der Waals surface area contributed by atoms with Crippen LogP contribution in [-0.2, 0) is 9.59 Å². The van der Waals surface area contributed by atoms with Crippen LogP contribution in [-0.4, -0.2) is 48.8 Å². The number of nitrogens with one attached hydrogen (secondary N) is 1. The Kier molecular flexibility index (Phi) is 9.16. The summed E-state index contributed by atoms with van der Waals surface area (Å²) in [6.07, 6.45) is 1.62. The summed E-state index contributed by atoms with van der Waals surface area (Å²) in [4.78, 5) is 39.2. The molecule has 0 radical (unpaired) electrons. The molecule has 3 amide bonds. The molecule has 0 saturated carbocycles. The lowest BCUT2D eigenvalue weighted by molar-refractivity contribution is -0.123. The number of anilines is 1. The molecule has 8 nitrogen and oxygen atoms in total. The molecule has 0 aromatic heterocycles. The van der Waals surface area contributed by atoms with Crippen LogP contribution >= 0.6 is 23.4 Å². The summed E-state index contributed by atoms with van der Waals surface area (Å²) >= 11 is 6.73. The summed E-state index contributed by atoms with van der Waals surface area (Å²) in [6.45, 7) is 3.94. The highest BCUT2D eigenvalue weighted by molar-refractivity contribution is 8.18. The Bertz CT molecular complexity index is 1420. The van der Waals surface area contributed by atoms with Crippen molar-refractivity contribution in [3.63, 3.8) is 0 Å². The number of halogens is 1. The van der Waals surface area contributed by atoms with Crippen molar-refractivity contribution in [2.45, 2.75) is 13.8 Å². The van der Waals surface area contributed by atoms with Gasteiger partial charge in [0.25, 0.3) is 17.1 Å². The second-order valence-electron chi connectivity index (χ2n) is 8.70. The predicted octanol–water partition coefficient (Wildman–Crippen LogP) is 6.10. The van der Waals surface area contributed by atoms with Gasteiger partial charge in [-0.05, 0) is 90.8 Å². The minimum absolute atomic E-state index is 0.116. The highest BCUT2D eigenvalue weighted by Crippen LogP contribution is 2.34. The zero-order valence-corrected chi connectivity index (χ0v) is 23.2. The van der Waals surface area contributed by atoms with Crippen LogP contribution in [0.3, 0.4) is 0 Å². The number of carbonyl (C=O) groups excluding carboxylic acids is 3. The number of thioether (sulfide) groups is 1. The lowest BCUT2D eigenvalue weighted by Crippen LogP contribution is -2.32. The summed E-state index contributed by atoms with van der Waals surface area (Å²) < 4.78 is 16.7. The van der Waals surface area contributed by atoms with Gasteiger partial charge in [-0.1, -0.05) is 29.8 Å². The first-order chi connectivity index (χ1) is 18.7. The fourth-order valence-corrected chi connectivity index (χ4v) is 4.71. The maximum Gasteiger partial charge on any atom is 0.293 e. The number of imide groups is 1. The fraction of sp³-hybridized carbons (Fsp3) is 0.207. The molecule has 1 heterocycles. The Morgan fingerprint density at radius 2 is 1.77 bits per heavy atom. The molecule has 0 unspecified atom stereocenters. The number of nitrogens with zero attached hydrogens (tertiary/aromatic N) is 1. The van der Waals surface area contributed by atoms with Gasteiger partial charge in [0.15, 0.2) is 18.1 Å². The van der Waals surface area contributed by atoms with Gasteiger partial charge in [0.1, 0.15) is 12.4 Å². The highest BCUT2D eigenvalue weighted by Gasteiger charge is 2.34. The number of hydrogen-bond donors (Lipinski definition) is 1. The zero-order valence-electron chi connectivity index (χ0n) is 21.7. The molecule has 0 atom stereocenters. The minimum atomic E-state index is -0.396. The number of carbonyl (C=O) groups is 3. The molecular formula is C29H27ClN2O6S. The van der Waals surface area contributed by atoms with Crippen molar-refractivity contribution in [2.24, 2.45) is 0 Å². The fourth-order valence-electron chi connectivity index (χ4n) is 3.72. The highest BCUT2D eigenvalue weighted by atomic mass is 35.5. The van der Waals surface area contributed by atoms with Crippen LogP contribution in [0, 0.1) is 13.8 Å². The van der Waals surface area contributed by atoms with Crippen molar-refractivity contribution in [1.29, 1.82) is 0 Å². The third-order valence-corrected chi connectivity index (χ3v) is 6.94. The van der Waals surface area contributed by atoms with Gasteiger partial charge < -0.3 is 19.5 Å². The van der Waals surface area contributed by atoms with Crippen LogP contribution in [0.1, 0.15) is 16.7 Å². The van der Waals surface area contributed by atoms with E-state index in [2.05, 4.69) is 5.32 Å². The Labute approximate surface area is 235 Å². The van der Waals surface area contributed by atoms with Crippen molar-refractivity contribution in [2.75, 3.05) is 32.2 Å². The largest absolute Gasteiger partial charge is 0.493 e. The molecule has 0 bridgehead atoms. The maximum atomic E-state index is 12.8. The van der Waals surface area contributed by atoms with Crippen LogP contribution in [0.2, 0.25) is 5.02 Å². The first kappa shape index (κ1) is 28.1. The second kappa shape index (κ2) is 12.7. The number of hydrogen-bond acceptors (Lipinski definition) is 7. The van der Waals surface area contributed by atoms with E-state index >= 15 is 0 Å². The van der Waals surface area contributed by atoms with Crippen molar-refractivity contribution in [1.82, 2.24) is 4.90 Å². The molecule has 202 valence electrons. The number of amides is 3. The van der Waals surface area contributed by atoms with Crippen LogP contribution in [0.5, 0.6) is 17.2 Å². The maximum absolute atomic E-state index is 12.8. The van der Waals surface area contributed by atoms with E-state index in [4.69, 9.17) is 25.8 Å². The van der Waals surface area contributed by atoms with E-state index in [1.807, 2.05) is 32.0 Å². The lowest BCUT2D eigenvalue weighted by Gasteiger charge is -2.13. The first-order valence-electron chi connectivity index (χ1n) is 12.0. The SMILES string of the molecule is COc1cc(/C=C2\SC(=O)N(CCOc3ccc(Cl)cc3)C2=O)ccc1OCC(=O)Nc1cc(C)ccc1C. The molecule has 39 heavy (non-hydrogen) atoms. The van der Waals surface area contributed by atoms with Crippen molar-refractivity contribution < 1.29 is 28.6 Å². The van der Waals surface area contributed by atoms with Gasteiger partial charge in [0.05, 0.1) is 18.6 Å². The quantitative estimate of drug-likeness (QED) is 0.296. The van der Waals surface area contributed by atoms with Gasteiger partial charge in [-0.25, -0.2) is 0 Å². The minimum Gasteiger partial charge on any atom is -0.493 e. The first-order valence-corrected chi connectivity index (χ1v) is 13.2. The molecule has 3 aromatic carbocycles. The van der Waals surface area contributed by atoms with Crippen LogP contribution in [0.25, 0.3) is 6.08 Å². The van der Waals surface area contributed by atoms with E-state index in [1.54, 1.807) is 48.5 Å². The predicted molar refractivity (Wildman–Crippen MR) is 153 cm³/mol. The van der Waals surface area contributed by atoms with Crippen molar-refractivity contribution in [3.05, 3.63) is 87.3 Å². The molecule has 1 aliphatic heterocycles. The van der Waals surface area contributed by atoms with E-state index < -0.39 is 5.91 Å². The van der Waals surface area contributed by atoms with Crippen molar-refractivity contribution >= 4 is 52.2 Å². The van der Waals surface area contributed by atoms with Gasteiger partial charge in [0.2, 0.25) is 0 Å². The van der Waals surface area contributed by atoms with Crippen LogP contribution < -0.4 is 19.5 Å². The van der Waals surface area contributed by atoms with Gasteiger partial charge in [0, 0.05) is 10.7 Å². The van der Waals surface area contributed by atoms with E-state index in [9.17, 15) is 14.4 Å². The molecule has 0 spiro atoms. The van der Waals surface area contributed by atoms with Gasteiger partial charge >= 0.3 is 0 Å². The van der Waals surface area contributed by atoms with E-state index in [1.165, 1.54) is 7.11 Å². The molecular weight excluding hydrogens is 540 g/mol. The number of benzene rings is 3. The number of ether oxygens (including phenoxy) is 3. The average molecular weight is 567 g/mol. The third kappa shape index (κ3) is 7.34. The number of methoxy groups -OCH3 is 1. The van der Waals surface area contributed by atoms with E-state index in [-0.39, 0.29) is 35.8 Å². The van der Waals surface area contributed by atoms with Gasteiger partial charge in [-0.15, -0.1) is 0 Å². The summed E-state index contributed by atoms with van der Waals surface area (Å²) in [5.74, 6) is 0.659. The van der Waals surface area contributed by atoms with Crippen LogP contribution in [0.15, 0.2) is 65.6 Å². The van der Waals surface area contributed by atoms with E-state index in [0.717, 1.165) is 33.5 Å². The molecule has 0 aliphatic carbocycles. The zero-order chi connectivity index (χ0) is 27.9. The summed E-state index contributed by atoms with van der Waals surface area (Å²) in [6, 6.07) is 17.7. The normalized spacial score (nSPS) is 14.1. The van der Waals surface area contributed by atoms with E-state index in [0.29, 0.717) is 27.8 Å². The summed E-state index contributed by atoms with van der Waals surface area (Å²) in [5, 5.41) is 3.08. The number of rotatable bonds is 10. The molecule has 1 fully saturated rings. The molecule has 1 saturated heterocycles. The molecule has 4 rings (SSSR count). The summed E-state index contributed by atoms with van der Waals surface area (Å²) in [5.41, 5.74) is 3.37. The summed E-state index contributed by atoms with van der Waals surface area (Å²) in [7, 11) is 1.48. The Balaban J connectivity index is 1.35. The van der Waals surface area contributed by atoms with Gasteiger partial charge in [-0.3, -0.25) is 19.3 Å². The molecule has 3 aromatic rings. The second-order valence-corrected chi connectivity index (χ2v) is 10.1. The monoisotopic (exact) mass is 566 g/mol. The standard InChI is InChI=1S/C29H27ClN2O6S/c1-18-4-5-19(2)23(14-18)31-27(33)17-38-24-11-6-20(15-25(24)36-3)16-26-28(34)32(29(35)39-26)12-13-37-22-9-7-21(30)8-10-22/h4-11,14-16H,12-13,17H2,1-3H3,(H,31,33)/b26-16-. The average Bonchev–Trinajstić information content (AvgIpc) is 3.18. The Morgan fingerprint density at radius 3 is 2.51 bits per heavy atom. The molecule has 10 heteroatoms. The van der Waals surface area contributed by atoms with Crippen LogP contribution in [0.4, 0.5) is 10.5 Å². The number of aryl methyl sites for hydroxylation is 2. The third-order valence-electron chi connectivity index (χ3n) is 5.78. The smallest absolute Gasteiger partial charge is 0.293 e. The molecule has 1 aliphatic rings. The lowest BCUT2D eigenvalue weighted by atomic mass is 10.1.